The number of aryl methyl sites for hydroxylation is 1. The number of aromatic nitrogens is 3. The number of carbonyl (C=O) groups is 2. The molecule has 0 saturated carbocycles. The molecule has 0 radical (unpaired) electrons. The lowest BCUT2D eigenvalue weighted by atomic mass is 10.1. The number of fused-ring (bicyclic) bond motifs is 1. The van der Waals surface area contributed by atoms with Crippen molar-refractivity contribution in [1.29, 1.82) is 0 Å². The standard InChI is InChI=1S/C22H27N5O2/c28-20-8-5-14-25(20)17-11-9-16(10-12-17)22(29)26-15-4-6-18(26)21-24-23-19-7-2-1-3-13-27(19)21/h9-12,18H,1-8,13-15H2/t18-/m0/s1. The number of likely N-dealkylation sites (tertiary alicyclic amines) is 1. The Labute approximate surface area is 170 Å². The molecular formula is C22H27N5O2. The molecule has 3 aliphatic rings. The summed E-state index contributed by atoms with van der Waals surface area (Å²) in [5, 5.41) is 8.93. The van der Waals surface area contributed by atoms with Gasteiger partial charge in [-0.25, -0.2) is 0 Å². The van der Waals surface area contributed by atoms with Crippen LogP contribution < -0.4 is 4.90 Å². The SMILES string of the molecule is O=C1CCCN1c1ccc(C(=O)N2CCC[C@H]2c2nnc3n2CCCCC3)cc1. The van der Waals surface area contributed by atoms with Gasteiger partial charge in [-0.15, -0.1) is 10.2 Å². The maximum Gasteiger partial charge on any atom is 0.254 e. The number of amides is 2. The molecule has 0 N–H and O–H groups in total. The molecule has 7 heteroatoms. The molecule has 0 bridgehead atoms. The van der Waals surface area contributed by atoms with Gasteiger partial charge in [-0.2, -0.15) is 0 Å². The number of carbonyl (C=O) groups excluding carboxylic acids is 2. The van der Waals surface area contributed by atoms with Gasteiger partial charge in [0.05, 0.1) is 6.04 Å². The Hall–Kier alpha value is -2.70. The lowest BCUT2D eigenvalue weighted by Crippen LogP contribution is -2.32. The largest absolute Gasteiger partial charge is 0.328 e. The third-order valence-corrected chi connectivity index (χ3v) is 6.45. The molecule has 152 valence electrons. The van der Waals surface area contributed by atoms with Crippen LogP contribution in [-0.2, 0) is 17.8 Å². The van der Waals surface area contributed by atoms with Crippen LogP contribution in [0, 0.1) is 0 Å². The Kier molecular flexibility index (Phi) is 4.81. The molecule has 0 spiro atoms. The van der Waals surface area contributed by atoms with Crippen LogP contribution >= 0.6 is 0 Å². The van der Waals surface area contributed by atoms with Crippen molar-refractivity contribution in [2.45, 2.75) is 64.0 Å². The second-order valence-electron chi connectivity index (χ2n) is 8.29. The highest BCUT2D eigenvalue weighted by Crippen LogP contribution is 2.34. The van der Waals surface area contributed by atoms with E-state index in [1.165, 1.54) is 6.42 Å². The second kappa shape index (κ2) is 7.61. The fourth-order valence-electron chi connectivity index (χ4n) is 4.90. The molecule has 1 aromatic heterocycles. The molecule has 1 aromatic carbocycles. The van der Waals surface area contributed by atoms with Crippen molar-refractivity contribution in [3.8, 4) is 0 Å². The first-order valence-corrected chi connectivity index (χ1v) is 10.9. The molecule has 7 nitrogen and oxygen atoms in total. The maximum absolute atomic E-state index is 13.3. The first kappa shape index (κ1) is 18.3. The van der Waals surface area contributed by atoms with Crippen LogP contribution in [0.15, 0.2) is 24.3 Å². The zero-order valence-corrected chi connectivity index (χ0v) is 16.7. The van der Waals surface area contributed by atoms with Crippen molar-refractivity contribution in [2.75, 3.05) is 18.0 Å². The van der Waals surface area contributed by atoms with Crippen molar-refractivity contribution in [3.05, 3.63) is 41.5 Å². The Bertz CT molecular complexity index is 920. The van der Waals surface area contributed by atoms with E-state index in [0.29, 0.717) is 12.0 Å². The molecule has 2 saturated heterocycles. The lowest BCUT2D eigenvalue weighted by molar-refractivity contribution is -0.117. The minimum absolute atomic E-state index is 0.00156. The molecule has 1 atom stereocenters. The van der Waals surface area contributed by atoms with E-state index in [4.69, 9.17) is 0 Å². The van der Waals surface area contributed by atoms with Crippen LogP contribution in [0.25, 0.3) is 0 Å². The van der Waals surface area contributed by atoms with Crippen LogP contribution in [0.3, 0.4) is 0 Å². The molecule has 2 aromatic rings. The zero-order valence-electron chi connectivity index (χ0n) is 16.7. The molecule has 3 aliphatic heterocycles. The second-order valence-corrected chi connectivity index (χ2v) is 8.29. The van der Waals surface area contributed by atoms with Crippen LogP contribution in [0.2, 0.25) is 0 Å². The minimum atomic E-state index is 0.00156. The van der Waals surface area contributed by atoms with Gasteiger partial charge in [-0.05, 0) is 56.4 Å². The third-order valence-electron chi connectivity index (χ3n) is 6.45. The Balaban J connectivity index is 1.37. The Morgan fingerprint density at radius 2 is 1.76 bits per heavy atom. The van der Waals surface area contributed by atoms with Gasteiger partial charge in [0.15, 0.2) is 5.82 Å². The van der Waals surface area contributed by atoms with Gasteiger partial charge < -0.3 is 14.4 Å². The number of hydrogen-bond donors (Lipinski definition) is 0. The van der Waals surface area contributed by atoms with Crippen molar-refractivity contribution >= 4 is 17.5 Å². The normalized spacial score (nSPS) is 22.1. The van der Waals surface area contributed by atoms with Gasteiger partial charge in [0.1, 0.15) is 5.82 Å². The number of benzene rings is 1. The highest BCUT2D eigenvalue weighted by molar-refractivity contribution is 5.97. The summed E-state index contributed by atoms with van der Waals surface area (Å²) in [7, 11) is 0. The van der Waals surface area contributed by atoms with Crippen molar-refractivity contribution in [3.63, 3.8) is 0 Å². The number of hydrogen-bond acceptors (Lipinski definition) is 4. The van der Waals surface area contributed by atoms with E-state index in [0.717, 1.165) is 75.5 Å². The Morgan fingerprint density at radius 3 is 2.55 bits per heavy atom. The summed E-state index contributed by atoms with van der Waals surface area (Å²) < 4.78 is 2.26. The predicted octanol–water partition coefficient (Wildman–Crippen LogP) is 3.11. The van der Waals surface area contributed by atoms with Gasteiger partial charge in [0.2, 0.25) is 5.91 Å². The van der Waals surface area contributed by atoms with E-state index in [1.807, 2.05) is 29.2 Å². The van der Waals surface area contributed by atoms with E-state index in [-0.39, 0.29) is 17.9 Å². The molecule has 5 rings (SSSR count). The van der Waals surface area contributed by atoms with E-state index >= 15 is 0 Å². The average Bonchev–Trinajstić information content (AvgIpc) is 3.44. The van der Waals surface area contributed by atoms with E-state index in [1.54, 1.807) is 4.90 Å². The molecule has 0 unspecified atom stereocenters. The Morgan fingerprint density at radius 1 is 0.897 bits per heavy atom. The fraction of sp³-hybridized carbons (Fsp3) is 0.545. The summed E-state index contributed by atoms with van der Waals surface area (Å²) in [5.74, 6) is 2.22. The average molecular weight is 393 g/mol. The fourth-order valence-corrected chi connectivity index (χ4v) is 4.90. The van der Waals surface area contributed by atoms with Crippen LogP contribution in [0.5, 0.6) is 0 Å². The molecule has 2 fully saturated rings. The maximum atomic E-state index is 13.3. The third kappa shape index (κ3) is 3.32. The molecular weight excluding hydrogens is 366 g/mol. The van der Waals surface area contributed by atoms with Gasteiger partial charge in [0, 0.05) is 43.7 Å². The lowest BCUT2D eigenvalue weighted by Gasteiger charge is -2.25. The highest BCUT2D eigenvalue weighted by Gasteiger charge is 2.35. The summed E-state index contributed by atoms with van der Waals surface area (Å²) in [6.45, 7) is 2.46. The van der Waals surface area contributed by atoms with Crippen molar-refractivity contribution in [2.24, 2.45) is 0 Å². The monoisotopic (exact) mass is 393 g/mol. The highest BCUT2D eigenvalue weighted by atomic mass is 16.2. The van der Waals surface area contributed by atoms with Gasteiger partial charge in [-0.3, -0.25) is 9.59 Å². The van der Waals surface area contributed by atoms with Crippen LogP contribution in [-0.4, -0.2) is 44.6 Å². The van der Waals surface area contributed by atoms with Gasteiger partial charge in [-0.1, -0.05) is 6.42 Å². The number of anilines is 1. The van der Waals surface area contributed by atoms with E-state index in [2.05, 4.69) is 14.8 Å². The van der Waals surface area contributed by atoms with Gasteiger partial charge in [0.25, 0.3) is 5.91 Å². The summed E-state index contributed by atoms with van der Waals surface area (Å²) in [4.78, 5) is 29.0. The summed E-state index contributed by atoms with van der Waals surface area (Å²) in [6, 6.07) is 7.49. The zero-order chi connectivity index (χ0) is 19.8. The van der Waals surface area contributed by atoms with E-state index in [9.17, 15) is 9.59 Å². The van der Waals surface area contributed by atoms with Crippen LogP contribution in [0.4, 0.5) is 5.69 Å². The molecule has 29 heavy (non-hydrogen) atoms. The first-order chi connectivity index (χ1) is 14.2. The summed E-state index contributed by atoms with van der Waals surface area (Å²) in [6.07, 6.45) is 7.94. The molecule has 0 aliphatic carbocycles. The van der Waals surface area contributed by atoms with Crippen LogP contribution in [0.1, 0.15) is 73.0 Å². The number of rotatable bonds is 3. The van der Waals surface area contributed by atoms with E-state index < -0.39 is 0 Å². The molecule has 2 amide bonds. The molecule has 4 heterocycles. The summed E-state index contributed by atoms with van der Waals surface area (Å²) in [5.41, 5.74) is 1.55. The van der Waals surface area contributed by atoms with Gasteiger partial charge >= 0.3 is 0 Å². The smallest absolute Gasteiger partial charge is 0.254 e. The topological polar surface area (TPSA) is 71.3 Å². The van der Waals surface area contributed by atoms with Crippen molar-refractivity contribution < 1.29 is 9.59 Å². The summed E-state index contributed by atoms with van der Waals surface area (Å²) >= 11 is 0. The number of nitrogens with zero attached hydrogens (tertiary/aromatic N) is 5. The van der Waals surface area contributed by atoms with Crippen molar-refractivity contribution in [1.82, 2.24) is 19.7 Å². The minimum Gasteiger partial charge on any atom is -0.328 e. The first-order valence-electron chi connectivity index (χ1n) is 10.9. The quantitative estimate of drug-likeness (QED) is 0.803. The predicted molar refractivity (Wildman–Crippen MR) is 109 cm³/mol.